The van der Waals surface area contributed by atoms with Gasteiger partial charge in [-0.2, -0.15) is 5.26 Å². The number of allylic oxidation sites excluding steroid dienone is 1. The average molecular weight is 509 g/mol. The zero-order valence-electron chi connectivity index (χ0n) is 19.0. The number of hydrogen-bond donors (Lipinski definition) is 1. The summed E-state index contributed by atoms with van der Waals surface area (Å²) in [5.74, 6) is 0.401. The first kappa shape index (κ1) is 24.5. The molecule has 1 aliphatic rings. The molecule has 1 atom stereocenters. The van der Waals surface area contributed by atoms with Crippen LogP contribution >= 0.6 is 23.2 Å². The highest BCUT2D eigenvalue weighted by Crippen LogP contribution is 2.45. The number of nitriles is 1. The largest absolute Gasteiger partial charge is 0.482 e. The Labute approximate surface area is 213 Å². The van der Waals surface area contributed by atoms with Gasteiger partial charge in [0.15, 0.2) is 6.61 Å². The maximum absolute atomic E-state index is 12.4. The Balaban J connectivity index is 1.52. The first-order valence-corrected chi connectivity index (χ1v) is 11.6. The smallest absolute Gasteiger partial charge is 0.349 e. The summed E-state index contributed by atoms with van der Waals surface area (Å²) >= 11 is 12.5. The predicted octanol–water partition coefficient (Wildman–Crippen LogP) is 6.32. The number of fused-ring (bicyclic) bond motifs is 1. The predicted molar refractivity (Wildman–Crippen MR) is 134 cm³/mol. The minimum absolute atomic E-state index is 0.0485. The molecule has 0 spiro atoms. The number of nitrogens with two attached hydrogens (primary N) is 1. The number of rotatable bonds is 6. The lowest BCUT2D eigenvalue weighted by Crippen LogP contribution is -2.22. The van der Waals surface area contributed by atoms with Crippen LogP contribution in [0.15, 0.2) is 72.1 Å². The van der Waals surface area contributed by atoms with Gasteiger partial charge >= 0.3 is 5.97 Å². The van der Waals surface area contributed by atoms with E-state index in [1.54, 1.807) is 36.4 Å². The first-order valence-electron chi connectivity index (χ1n) is 10.9. The Bertz CT molecular complexity index is 1340. The van der Waals surface area contributed by atoms with Crippen molar-refractivity contribution >= 4 is 29.2 Å². The molecule has 4 rings (SSSR count). The average Bonchev–Trinajstić information content (AvgIpc) is 2.82. The van der Waals surface area contributed by atoms with E-state index >= 15 is 0 Å². The third-order valence-electron chi connectivity index (χ3n) is 5.60. The number of nitrogens with zero attached hydrogens (tertiary/aromatic N) is 1. The van der Waals surface area contributed by atoms with Crippen LogP contribution in [-0.4, -0.2) is 12.6 Å². The van der Waals surface area contributed by atoms with Crippen molar-refractivity contribution in [3.8, 4) is 23.3 Å². The van der Waals surface area contributed by atoms with Crippen molar-refractivity contribution in [2.45, 2.75) is 25.7 Å². The molecule has 1 heterocycles. The summed E-state index contributed by atoms with van der Waals surface area (Å²) in [5, 5.41) is 10.6. The van der Waals surface area contributed by atoms with Crippen LogP contribution in [0.25, 0.3) is 0 Å². The second-order valence-electron chi connectivity index (χ2n) is 8.28. The van der Waals surface area contributed by atoms with Crippen molar-refractivity contribution in [2.24, 2.45) is 5.73 Å². The van der Waals surface area contributed by atoms with Gasteiger partial charge in [-0.1, -0.05) is 61.3 Å². The van der Waals surface area contributed by atoms with Gasteiger partial charge in [-0.15, -0.1) is 0 Å². The number of carbonyl (C=O) groups is 1. The number of esters is 1. The van der Waals surface area contributed by atoms with Crippen LogP contribution in [0, 0.1) is 11.3 Å². The van der Waals surface area contributed by atoms with Gasteiger partial charge in [0, 0.05) is 21.7 Å². The van der Waals surface area contributed by atoms with Crippen LogP contribution in [0.2, 0.25) is 10.0 Å². The SMILES string of the molecule is CC(C)c1ccc(OCC(=O)Oc2ccc3c(c2)OC(N)=C(C#N)C3c2ccc(Cl)cc2Cl)cc1. The molecule has 3 aromatic rings. The van der Waals surface area contributed by atoms with Gasteiger partial charge in [-0.25, -0.2) is 4.79 Å². The second-order valence-corrected chi connectivity index (χ2v) is 9.12. The lowest BCUT2D eigenvalue weighted by Gasteiger charge is -2.27. The van der Waals surface area contributed by atoms with E-state index in [1.807, 2.05) is 24.3 Å². The first-order chi connectivity index (χ1) is 16.8. The summed E-state index contributed by atoms with van der Waals surface area (Å²) in [7, 11) is 0. The number of hydrogen-bond acceptors (Lipinski definition) is 6. The van der Waals surface area contributed by atoms with Crippen molar-refractivity contribution in [2.75, 3.05) is 6.61 Å². The van der Waals surface area contributed by atoms with Crippen LogP contribution in [-0.2, 0) is 4.79 Å². The molecule has 0 aliphatic carbocycles. The molecule has 178 valence electrons. The van der Waals surface area contributed by atoms with Crippen molar-refractivity contribution in [1.29, 1.82) is 5.26 Å². The van der Waals surface area contributed by atoms with Crippen LogP contribution in [0.3, 0.4) is 0 Å². The Morgan fingerprint density at radius 2 is 1.74 bits per heavy atom. The number of benzene rings is 3. The number of ether oxygens (including phenoxy) is 3. The van der Waals surface area contributed by atoms with E-state index in [9.17, 15) is 10.1 Å². The quantitative estimate of drug-likeness (QED) is 0.309. The van der Waals surface area contributed by atoms with Gasteiger partial charge in [0.1, 0.15) is 28.9 Å². The molecule has 8 heteroatoms. The Hall–Kier alpha value is -3.66. The summed E-state index contributed by atoms with van der Waals surface area (Å²) in [6.45, 7) is 3.95. The molecule has 0 saturated heterocycles. The van der Waals surface area contributed by atoms with E-state index in [0.717, 1.165) is 0 Å². The molecule has 2 N–H and O–H groups in total. The molecule has 1 aliphatic heterocycles. The molecule has 6 nitrogen and oxygen atoms in total. The summed E-state index contributed by atoms with van der Waals surface area (Å²) in [6.07, 6.45) is 0. The van der Waals surface area contributed by atoms with Crippen molar-refractivity contribution in [3.05, 3.63) is 98.9 Å². The van der Waals surface area contributed by atoms with Crippen molar-refractivity contribution in [3.63, 3.8) is 0 Å². The summed E-state index contributed by atoms with van der Waals surface area (Å²) in [5.41, 5.74) is 8.76. The maximum atomic E-state index is 12.4. The fraction of sp³-hybridized carbons (Fsp3) is 0.185. The van der Waals surface area contributed by atoms with Crippen molar-refractivity contribution < 1.29 is 19.0 Å². The van der Waals surface area contributed by atoms with E-state index in [-0.39, 0.29) is 23.8 Å². The maximum Gasteiger partial charge on any atom is 0.349 e. The number of halogens is 2. The molecule has 0 fully saturated rings. The van der Waals surface area contributed by atoms with E-state index in [0.29, 0.717) is 38.6 Å². The molecule has 0 aromatic heterocycles. The molecule has 0 bridgehead atoms. The summed E-state index contributed by atoms with van der Waals surface area (Å²) < 4.78 is 16.6. The molecular formula is C27H22Cl2N2O4. The molecule has 3 aromatic carbocycles. The zero-order chi connectivity index (χ0) is 25.1. The van der Waals surface area contributed by atoms with Gasteiger partial charge in [0.25, 0.3) is 0 Å². The van der Waals surface area contributed by atoms with Gasteiger partial charge in [-0.3, -0.25) is 0 Å². The normalized spacial score (nSPS) is 14.7. The van der Waals surface area contributed by atoms with Crippen molar-refractivity contribution in [1.82, 2.24) is 0 Å². The fourth-order valence-corrected chi connectivity index (χ4v) is 4.32. The lowest BCUT2D eigenvalue weighted by molar-refractivity contribution is -0.136. The molecular weight excluding hydrogens is 487 g/mol. The molecule has 0 saturated carbocycles. The highest BCUT2D eigenvalue weighted by molar-refractivity contribution is 6.35. The second kappa shape index (κ2) is 10.3. The van der Waals surface area contributed by atoms with Gasteiger partial charge in [0.2, 0.25) is 5.88 Å². The lowest BCUT2D eigenvalue weighted by atomic mass is 9.83. The molecule has 35 heavy (non-hydrogen) atoms. The fourth-order valence-electron chi connectivity index (χ4n) is 3.81. The minimum Gasteiger partial charge on any atom is -0.482 e. The third-order valence-corrected chi connectivity index (χ3v) is 6.16. The Morgan fingerprint density at radius 1 is 1.06 bits per heavy atom. The molecule has 0 radical (unpaired) electrons. The molecule has 0 amide bonds. The van der Waals surface area contributed by atoms with Crippen LogP contribution in [0.5, 0.6) is 17.2 Å². The van der Waals surface area contributed by atoms with Gasteiger partial charge in [-0.05, 0) is 47.4 Å². The molecule has 1 unspecified atom stereocenters. The topological polar surface area (TPSA) is 94.6 Å². The third kappa shape index (κ3) is 5.37. The Kier molecular flexibility index (Phi) is 7.20. The van der Waals surface area contributed by atoms with Crippen LogP contribution in [0.4, 0.5) is 0 Å². The highest BCUT2D eigenvalue weighted by atomic mass is 35.5. The van der Waals surface area contributed by atoms with Gasteiger partial charge in [0.05, 0.1) is 5.92 Å². The zero-order valence-corrected chi connectivity index (χ0v) is 20.6. The van der Waals surface area contributed by atoms with E-state index in [4.69, 9.17) is 43.1 Å². The summed E-state index contributed by atoms with van der Waals surface area (Å²) in [6, 6.07) is 19.6. The standard InChI is InChI=1S/C27H22Cl2N2O4/c1-15(2)16-3-6-18(7-4-16)33-14-25(32)34-19-8-10-21-24(12-19)35-27(31)22(13-30)26(21)20-9-5-17(28)11-23(20)29/h3-12,15,26H,14,31H2,1-2H3. The van der Waals surface area contributed by atoms with Crippen LogP contribution in [0.1, 0.15) is 42.4 Å². The van der Waals surface area contributed by atoms with E-state index in [2.05, 4.69) is 19.9 Å². The minimum atomic E-state index is -0.577. The monoisotopic (exact) mass is 508 g/mol. The Morgan fingerprint density at radius 3 is 2.40 bits per heavy atom. The van der Waals surface area contributed by atoms with E-state index < -0.39 is 11.9 Å². The highest BCUT2D eigenvalue weighted by Gasteiger charge is 2.32. The number of carbonyl (C=O) groups excluding carboxylic acids is 1. The van der Waals surface area contributed by atoms with Crippen LogP contribution < -0.4 is 19.9 Å². The summed E-state index contributed by atoms with van der Waals surface area (Å²) in [4.78, 5) is 12.4. The van der Waals surface area contributed by atoms with E-state index in [1.165, 1.54) is 5.56 Å². The van der Waals surface area contributed by atoms with Gasteiger partial charge < -0.3 is 19.9 Å².